The maximum absolute atomic E-state index is 16.0. The van der Waals surface area contributed by atoms with Crippen LogP contribution < -0.4 is 11.2 Å². The van der Waals surface area contributed by atoms with Crippen molar-refractivity contribution >= 4 is 22.5 Å². The third-order valence-electron chi connectivity index (χ3n) is 7.23. The molecule has 2 rings (SSSR count). The van der Waals surface area contributed by atoms with Gasteiger partial charge in [-0.2, -0.15) is 4.98 Å². The summed E-state index contributed by atoms with van der Waals surface area (Å²) in [6.07, 6.45) is -2.80. The molecule has 1 fully saturated rings. The summed E-state index contributed by atoms with van der Waals surface area (Å²) in [5.41, 5.74) is 0.870. The third-order valence-corrected chi connectivity index (χ3v) is 16.2. The summed E-state index contributed by atoms with van der Waals surface area (Å²) in [5.74, 6) is -3.13. The Kier molecular flexibility index (Phi) is 7.77. The van der Waals surface area contributed by atoms with Crippen molar-refractivity contribution in [3.8, 4) is 0 Å². The highest BCUT2D eigenvalue weighted by Crippen LogP contribution is 2.46. The zero-order valence-electron chi connectivity index (χ0n) is 21.4. The van der Waals surface area contributed by atoms with E-state index in [1.165, 1.54) is 12.3 Å². The van der Waals surface area contributed by atoms with Crippen molar-refractivity contribution in [2.45, 2.75) is 102 Å². The molecule has 0 saturated carbocycles. The SMILES string of the molecule is CC(C)(C)[Si](C)(C)OC[C@H]1O[C@@H](n2ccc(NO)nc2=O)C(O)(F)C1O[Si](C)(C)C(C)(C)C. The van der Waals surface area contributed by atoms with Crippen LogP contribution in [0.25, 0.3) is 0 Å². The average Bonchev–Trinajstić information content (AvgIpc) is 2.88. The number of aliphatic hydroxyl groups is 1. The highest BCUT2D eigenvalue weighted by atomic mass is 28.4. The molecule has 2 unspecified atom stereocenters. The molecule has 3 N–H and O–H groups in total. The van der Waals surface area contributed by atoms with Gasteiger partial charge in [0.05, 0.1) is 6.61 Å². The second-order valence-corrected chi connectivity index (χ2v) is 21.3. The first-order valence-electron chi connectivity index (χ1n) is 11.1. The summed E-state index contributed by atoms with van der Waals surface area (Å²) >= 11 is 0. The van der Waals surface area contributed by atoms with Gasteiger partial charge in [0.25, 0.3) is 5.85 Å². The molecule has 0 aliphatic carbocycles. The predicted molar refractivity (Wildman–Crippen MR) is 129 cm³/mol. The van der Waals surface area contributed by atoms with Crippen LogP contribution in [0.1, 0.15) is 47.8 Å². The van der Waals surface area contributed by atoms with Crippen LogP contribution in [0.2, 0.25) is 36.3 Å². The predicted octanol–water partition coefficient (Wildman–Crippen LogP) is 4.01. The molecule has 1 aromatic heterocycles. The van der Waals surface area contributed by atoms with Gasteiger partial charge < -0.3 is 18.7 Å². The quantitative estimate of drug-likeness (QED) is 0.376. The maximum atomic E-state index is 16.0. The minimum Gasteiger partial charge on any atom is -0.414 e. The fourth-order valence-electron chi connectivity index (χ4n) is 2.93. The van der Waals surface area contributed by atoms with E-state index in [0.717, 1.165) is 4.57 Å². The van der Waals surface area contributed by atoms with E-state index in [4.69, 9.17) is 18.8 Å². The molecule has 0 aromatic carbocycles. The summed E-state index contributed by atoms with van der Waals surface area (Å²) in [5, 5.41) is 19.7. The van der Waals surface area contributed by atoms with Gasteiger partial charge in [0.15, 0.2) is 28.7 Å². The minimum atomic E-state index is -3.02. The first-order chi connectivity index (χ1) is 14.7. The van der Waals surface area contributed by atoms with Crippen LogP contribution >= 0.6 is 0 Å². The van der Waals surface area contributed by atoms with Crippen molar-refractivity contribution in [2.24, 2.45) is 0 Å². The van der Waals surface area contributed by atoms with Gasteiger partial charge in [-0.05, 0) is 42.3 Å². The zero-order chi connectivity index (χ0) is 25.6. The monoisotopic (exact) mass is 505 g/mol. The normalized spacial score (nSPS) is 27.1. The number of ether oxygens (including phenoxy) is 1. The summed E-state index contributed by atoms with van der Waals surface area (Å²) in [6.45, 7) is 20.4. The molecule has 12 heteroatoms. The van der Waals surface area contributed by atoms with Crippen LogP contribution in [0, 0.1) is 0 Å². The van der Waals surface area contributed by atoms with Gasteiger partial charge in [-0.3, -0.25) is 15.3 Å². The highest BCUT2D eigenvalue weighted by Gasteiger charge is 2.61. The van der Waals surface area contributed by atoms with Crippen molar-refractivity contribution in [3.63, 3.8) is 0 Å². The number of alkyl halides is 1. The number of halogens is 1. The lowest BCUT2D eigenvalue weighted by molar-refractivity contribution is -0.194. The van der Waals surface area contributed by atoms with E-state index in [1.54, 1.807) is 5.48 Å². The topological polar surface area (TPSA) is 115 Å². The third kappa shape index (κ3) is 5.74. The largest absolute Gasteiger partial charge is 0.414 e. The van der Waals surface area contributed by atoms with Crippen LogP contribution in [0.15, 0.2) is 17.1 Å². The van der Waals surface area contributed by atoms with E-state index in [-0.39, 0.29) is 22.5 Å². The van der Waals surface area contributed by atoms with Crippen molar-refractivity contribution in [1.29, 1.82) is 0 Å². The highest BCUT2D eigenvalue weighted by molar-refractivity contribution is 6.74. The van der Waals surface area contributed by atoms with Crippen LogP contribution in [0.3, 0.4) is 0 Å². The van der Waals surface area contributed by atoms with E-state index >= 15 is 4.39 Å². The zero-order valence-corrected chi connectivity index (χ0v) is 23.4. The second-order valence-electron chi connectivity index (χ2n) is 11.7. The summed E-state index contributed by atoms with van der Waals surface area (Å²) < 4.78 is 35.4. The van der Waals surface area contributed by atoms with Crippen LogP contribution in [-0.4, -0.2) is 61.2 Å². The van der Waals surface area contributed by atoms with E-state index in [2.05, 4.69) is 38.8 Å². The number of aromatic nitrogens is 2. The van der Waals surface area contributed by atoms with Crippen molar-refractivity contribution < 1.29 is 28.3 Å². The molecule has 4 atom stereocenters. The van der Waals surface area contributed by atoms with Gasteiger partial charge in [-0.1, -0.05) is 41.5 Å². The molecule has 0 bridgehead atoms. The Morgan fingerprint density at radius 2 is 1.73 bits per heavy atom. The Balaban J connectivity index is 2.46. The van der Waals surface area contributed by atoms with Gasteiger partial charge in [0.2, 0.25) is 0 Å². The first-order valence-corrected chi connectivity index (χ1v) is 16.9. The fraction of sp³-hybridized carbons (Fsp3) is 0.810. The summed E-state index contributed by atoms with van der Waals surface area (Å²) in [7, 11) is -4.75. The molecule has 0 radical (unpaired) electrons. The molecule has 0 amide bonds. The maximum Gasteiger partial charge on any atom is 0.351 e. The molecule has 1 aliphatic heterocycles. The van der Waals surface area contributed by atoms with Gasteiger partial charge in [0, 0.05) is 6.20 Å². The molecule has 9 nitrogen and oxygen atoms in total. The lowest BCUT2D eigenvalue weighted by Gasteiger charge is -2.41. The number of hydrogen-bond donors (Lipinski definition) is 3. The Morgan fingerprint density at radius 3 is 2.18 bits per heavy atom. The van der Waals surface area contributed by atoms with Crippen LogP contribution in [0.4, 0.5) is 10.2 Å². The molecular weight excluding hydrogens is 465 g/mol. The molecule has 1 saturated heterocycles. The second kappa shape index (κ2) is 9.13. The Hall–Kier alpha value is -1.16. The van der Waals surface area contributed by atoms with E-state index in [0.29, 0.717) is 0 Å². The number of nitrogens with zero attached hydrogens (tertiary/aromatic N) is 2. The molecule has 0 spiro atoms. The van der Waals surface area contributed by atoms with E-state index in [1.807, 2.05) is 33.9 Å². The van der Waals surface area contributed by atoms with Crippen LogP contribution in [-0.2, 0) is 13.6 Å². The van der Waals surface area contributed by atoms with Crippen LogP contribution in [0.5, 0.6) is 0 Å². The van der Waals surface area contributed by atoms with Gasteiger partial charge >= 0.3 is 5.69 Å². The molecule has 190 valence electrons. The molecular formula is C21H40FN3O6Si2. The Morgan fingerprint density at radius 1 is 1.18 bits per heavy atom. The minimum absolute atomic E-state index is 0.0109. The lowest BCUT2D eigenvalue weighted by Crippen LogP contribution is -2.54. The van der Waals surface area contributed by atoms with Gasteiger partial charge in [-0.25, -0.2) is 9.18 Å². The molecule has 1 aliphatic rings. The lowest BCUT2D eigenvalue weighted by atomic mass is 10.1. The average molecular weight is 506 g/mol. The molecule has 2 heterocycles. The molecule has 33 heavy (non-hydrogen) atoms. The van der Waals surface area contributed by atoms with Crippen molar-refractivity contribution in [1.82, 2.24) is 9.55 Å². The van der Waals surface area contributed by atoms with Gasteiger partial charge in [0.1, 0.15) is 12.2 Å². The van der Waals surface area contributed by atoms with Gasteiger partial charge in [-0.15, -0.1) is 0 Å². The number of nitrogens with one attached hydrogen (secondary N) is 1. The number of anilines is 1. The Labute approximate surface area is 197 Å². The first kappa shape index (κ1) is 28.1. The summed E-state index contributed by atoms with van der Waals surface area (Å²) in [4.78, 5) is 16.1. The van der Waals surface area contributed by atoms with Crippen molar-refractivity contribution in [3.05, 3.63) is 22.7 Å². The number of hydrogen-bond acceptors (Lipinski definition) is 8. The standard InChI is InChI=1S/C21H40FN3O6Si2/c1-19(2,3)32(7,8)29-13-14-16(31-33(9,10)20(4,5)6)21(22,27)17(30-14)25-12-11-15(24-28)23-18(25)26/h11-12,14,16-17,27-28H,13H2,1-10H3,(H,23,24,26)/t14-,16?,17-,21?/m1/s1. The van der Waals surface area contributed by atoms with E-state index in [9.17, 15) is 9.90 Å². The molecule has 1 aromatic rings. The van der Waals surface area contributed by atoms with Crippen molar-refractivity contribution in [2.75, 3.05) is 12.1 Å². The smallest absolute Gasteiger partial charge is 0.351 e. The fourth-order valence-corrected chi connectivity index (χ4v) is 5.25. The Bertz CT molecular complexity index is 895. The summed E-state index contributed by atoms with van der Waals surface area (Å²) in [6, 6.07) is 1.27. The number of rotatable bonds is 7. The van der Waals surface area contributed by atoms with E-state index < -0.39 is 46.6 Å².